The van der Waals surface area contributed by atoms with Crippen LogP contribution in [-0.4, -0.2) is 76.7 Å². The van der Waals surface area contributed by atoms with Crippen molar-refractivity contribution in [3.05, 3.63) is 59.7 Å². The number of hydrogen-bond donors (Lipinski definition) is 3. The number of ether oxygens (including phenoxy) is 3. The SMILES string of the molecule is CC(C)(C)OC(=O)NC(=N[C@H]1C[C@@H](C(=O)O)N(C(=O)OCC2c3ccccc3-c3ccccc32)C1)NC(=O)OC(C)(C)C. The topological polar surface area (TPSA) is 156 Å². The van der Waals surface area contributed by atoms with Crippen LogP contribution < -0.4 is 10.6 Å². The number of carbonyl (C=O) groups excluding carboxylic acids is 3. The van der Waals surface area contributed by atoms with E-state index in [1.807, 2.05) is 48.5 Å². The molecule has 3 N–H and O–H groups in total. The summed E-state index contributed by atoms with van der Waals surface area (Å²) in [4.78, 5) is 55.7. The number of nitrogens with one attached hydrogen (secondary N) is 2. The number of aliphatic imine (C=N–C) groups is 1. The van der Waals surface area contributed by atoms with Gasteiger partial charge in [-0.2, -0.15) is 0 Å². The van der Waals surface area contributed by atoms with Crippen LogP contribution in [-0.2, 0) is 19.0 Å². The Morgan fingerprint density at radius 2 is 1.35 bits per heavy atom. The molecule has 43 heavy (non-hydrogen) atoms. The predicted octanol–water partition coefficient (Wildman–Crippen LogP) is 4.87. The fourth-order valence-electron chi connectivity index (χ4n) is 5.10. The molecule has 12 heteroatoms. The highest BCUT2D eigenvalue weighted by molar-refractivity contribution is 6.01. The summed E-state index contributed by atoms with van der Waals surface area (Å²) >= 11 is 0. The lowest BCUT2D eigenvalue weighted by molar-refractivity contribution is -0.141. The number of hydrogen-bond acceptors (Lipinski definition) is 8. The van der Waals surface area contributed by atoms with Gasteiger partial charge < -0.3 is 19.3 Å². The van der Waals surface area contributed by atoms with E-state index in [2.05, 4.69) is 15.6 Å². The monoisotopic (exact) mass is 594 g/mol. The molecule has 4 rings (SSSR count). The van der Waals surface area contributed by atoms with Crippen LogP contribution >= 0.6 is 0 Å². The van der Waals surface area contributed by atoms with Gasteiger partial charge in [-0.1, -0.05) is 48.5 Å². The molecule has 0 bridgehead atoms. The number of alkyl carbamates (subject to hydrolysis) is 2. The fraction of sp³-hybridized carbons (Fsp3) is 0.452. The Balaban J connectivity index is 1.49. The first-order chi connectivity index (χ1) is 20.1. The smallest absolute Gasteiger partial charge is 0.414 e. The standard InChI is InChI=1S/C31H38N4O8/c1-30(2,3)42-27(38)33-26(34-28(39)43-31(4,5)6)32-18-15-24(25(36)37)35(16-18)29(40)41-17-23-21-13-9-7-11-19(21)20-12-8-10-14-22(20)23/h7-14,18,23-24H,15-17H2,1-6H3,(H,36,37)(H2,32,33,34,38,39)/t18-,24-/m0/s1. The molecule has 2 atom stereocenters. The van der Waals surface area contributed by atoms with Crippen molar-refractivity contribution < 1.29 is 38.5 Å². The van der Waals surface area contributed by atoms with E-state index in [1.54, 1.807) is 41.5 Å². The van der Waals surface area contributed by atoms with Gasteiger partial charge in [0, 0.05) is 18.9 Å². The van der Waals surface area contributed by atoms with Crippen LogP contribution in [0.2, 0.25) is 0 Å². The quantitative estimate of drug-likeness (QED) is 0.257. The van der Waals surface area contributed by atoms with Gasteiger partial charge >= 0.3 is 24.2 Å². The Bertz CT molecular complexity index is 1350. The highest BCUT2D eigenvalue weighted by Crippen LogP contribution is 2.44. The third-order valence-electron chi connectivity index (χ3n) is 6.69. The van der Waals surface area contributed by atoms with Crippen molar-refractivity contribution in [3.63, 3.8) is 0 Å². The molecule has 1 saturated heterocycles. The number of nitrogens with zero attached hydrogens (tertiary/aromatic N) is 2. The van der Waals surface area contributed by atoms with Crippen LogP contribution in [0.4, 0.5) is 14.4 Å². The first-order valence-corrected chi connectivity index (χ1v) is 14.0. The Morgan fingerprint density at radius 1 is 0.860 bits per heavy atom. The molecular weight excluding hydrogens is 556 g/mol. The zero-order chi connectivity index (χ0) is 31.5. The minimum absolute atomic E-state index is 0.0231. The van der Waals surface area contributed by atoms with Crippen molar-refractivity contribution in [2.75, 3.05) is 13.2 Å². The van der Waals surface area contributed by atoms with E-state index >= 15 is 0 Å². The third kappa shape index (κ3) is 8.02. The molecule has 230 valence electrons. The van der Waals surface area contributed by atoms with Crippen molar-refractivity contribution in [3.8, 4) is 11.1 Å². The number of carbonyl (C=O) groups is 4. The van der Waals surface area contributed by atoms with Gasteiger partial charge in [-0.05, 0) is 63.8 Å². The number of guanidine groups is 1. The lowest BCUT2D eigenvalue weighted by atomic mass is 9.98. The molecule has 1 heterocycles. The van der Waals surface area contributed by atoms with Gasteiger partial charge in [-0.15, -0.1) is 0 Å². The zero-order valence-electron chi connectivity index (χ0n) is 25.2. The molecule has 12 nitrogen and oxygen atoms in total. The average Bonchev–Trinajstić information content (AvgIpc) is 3.44. The highest BCUT2D eigenvalue weighted by atomic mass is 16.6. The van der Waals surface area contributed by atoms with Gasteiger partial charge in [0.05, 0.1) is 6.04 Å². The number of rotatable bonds is 4. The second-order valence-electron chi connectivity index (χ2n) is 12.4. The van der Waals surface area contributed by atoms with Crippen LogP contribution in [0, 0.1) is 0 Å². The van der Waals surface area contributed by atoms with Gasteiger partial charge in [0.15, 0.2) is 0 Å². The molecule has 0 unspecified atom stereocenters. The Hall–Kier alpha value is -4.61. The molecule has 1 fully saturated rings. The van der Waals surface area contributed by atoms with Crippen LogP contribution in [0.15, 0.2) is 53.5 Å². The van der Waals surface area contributed by atoms with Gasteiger partial charge in [-0.25, -0.2) is 24.2 Å². The van der Waals surface area contributed by atoms with E-state index in [-0.39, 0.29) is 31.4 Å². The lowest BCUT2D eigenvalue weighted by Gasteiger charge is -2.23. The molecule has 0 aromatic heterocycles. The van der Waals surface area contributed by atoms with E-state index in [4.69, 9.17) is 14.2 Å². The minimum atomic E-state index is -1.23. The van der Waals surface area contributed by atoms with Gasteiger partial charge in [0.1, 0.15) is 23.9 Å². The molecule has 2 aliphatic rings. The molecule has 1 aliphatic heterocycles. The fourth-order valence-corrected chi connectivity index (χ4v) is 5.10. The lowest BCUT2D eigenvalue weighted by Crippen LogP contribution is -2.47. The van der Waals surface area contributed by atoms with Crippen molar-refractivity contribution in [2.24, 2.45) is 4.99 Å². The number of amides is 3. The maximum absolute atomic E-state index is 13.3. The summed E-state index contributed by atoms with van der Waals surface area (Å²) in [5.74, 6) is -1.72. The average molecular weight is 595 g/mol. The first-order valence-electron chi connectivity index (χ1n) is 14.0. The third-order valence-corrected chi connectivity index (χ3v) is 6.69. The summed E-state index contributed by atoms with van der Waals surface area (Å²) in [5, 5.41) is 14.7. The summed E-state index contributed by atoms with van der Waals surface area (Å²) in [5.41, 5.74) is 2.54. The second-order valence-corrected chi connectivity index (χ2v) is 12.4. The van der Waals surface area contributed by atoms with Gasteiger partial charge in [0.25, 0.3) is 0 Å². The van der Waals surface area contributed by atoms with Crippen molar-refractivity contribution in [2.45, 2.75) is 77.2 Å². The molecular formula is C31H38N4O8. The van der Waals surface area contributed by atoms with Crippen LogP contribution in [0.3, 0.4) is 0 Å². The summed E-state index contributed by atoms with van der Waals surface area (Å²) < 4.78 is 16.2. The molecule has 2 aromatic rings. The van der Waals surface area contributed by atoms with Crippen LogP contribution in [0.1, 0.15) is 65.0 Å². The zero-order valence-corrected chi connectivity index (χ0v) is 25.2. The molecule has 0 saturated carbocycles. The van der Waals surface area contributed by atoms with Crippen LogP contribution in [0.25, 0.3) is 11.1 Å². The van der Waals surface area contributed by atoms with E-state index in [0.717, 1.165) is 27.2 Å². The Kier molecular flexibility index (Phi) is 8.98. The number of benzene rings is 2. The Labute approximate surface area is 250 Å². The summed E-state index contributed by atoms with van der Waals surface area (Å²) in [6.07, 6.45) is -2.64. The van der Waals surface area contributed by atoms with Crippen molar-refractivity contribution in [1.82, 2.24) is 15.5 Å². The van der Waals surface area contributed by atoms with Gasteiger partial charge in [-0.3, -0.25) is 15.5 Å². The summed E-state index contributed by atoms with van der Waals surface area (Å²) in [6.45, 7) is 9.93. The number of carboxylic acids is 1. The second kappa shape index (κ2) is 12.3. The Morgan fingerprint density at radius 3 is 1.81 bits per heavy atom. The summed E-state index contributed by atoms with van der Waals surface area (Å²) in [6, 6.07) is 13.8. The number of fused-ring (bicyclic) bond motifs is 3. The van der Waals surface area contributed by atoms with E-state index in [1.165, 1.54) is 0 Å². The van der Waals surface area contributed by atoms with Crippen molar-refractivity contribution in [1.29, 1.82) is 0 Å². The van der Waals surface area contributed by atoms with E-state index in [0.29, 0.717) is 0 Å². The van der Waals surface area contributed by atoms with E-state index in [9.17, 15) is 24.3 Å². The maximum atomic E-state index is 13.3. The van der Waals surface area contributed by atoms with E-state index < -0.39 is 47.5 Å². The predicted molar refractivity (Wildman–Crippen MR) is 158 cm³/mol. The number of likely N-dealkylation sites (tertiary alicyclic amines) is 1. The summed E-state index contributed by atoms with van der Waals surface area (Å²) in [7, 11) is 0. The first kappa shape index (κ1) is 31.3. The number of carboxylic acid groups (broad SMARTS) is 1. The molecule has 3 amide bonds. The molecule has 2 aromatic carbocycles. The molecule has 1 aliphatic carbocycles. The number of aliphatic carboxylic acids is 1. The largest absolute Gasteiger partial charge is 0.480 e. The van der Waals surface area contributed by atoms with Crippen molar-refractivity contribution >= 4 is 30.2 Å². The minimum Gasteiger partial charge on any atom is -0.480 e. The van der Waals surface area contributed by atoms with Crippen LogP contribution in [0.5, 0.6) is 0 Å². The molecule has 0 radical (unpaired) electrons. The maximum Gasteiger partial charge on any atom is 0.414 e. The molecule has 0 spiro atoms. The highest BCUT2D eigenvalue weighted by Gasteiger charge is 2.42. The van der Waals surface area contributed by atoms with Gasteiger partial charge in [0.2, 0.25) is 5.96 Å². The normalized spacial score (nSPS) is 17.8.